The van der Waals surface area contributed by atoms with Crippen molar-refractivity contribution in [1.82, 2.24) is 0 Å². The number of hydrogen-bond acceptors (Lipinski definition) is 1. The third kappa shape index (κ3) is 4.62. The smallest absolute Gasteiger partial charge is 0.0343 e. The van der Waals surface area contributed by atoms with Gasteiger partial charge in [-0.2, -0.15) is 0 Å². The lowest BCUT2D eigenvalue weighted by Gasteiger charge is -2.01. The Bertz CT molecular complexity index is 460. The zero-order valence-electron chi connectivity index (χ0n) is 11.6. The maximum Gasteiger partial charge on any atom is 0.0343 e. The van der Waals surface area contributed by atoms with Crippen LogP contribution < -0.4 is 5.73 Å². The van der Waals surface area contributed by atoms with Gasteiger partial charge in [-0.15, -0.1) is 0 Å². The number of aryl methyl sites for hydroxylation is 3. The summed E-state index contributed by atoms with van der Waals surface area (Å²) < 4.78 is 0. The minimum atomic E-state index is 0.886. The molecule has 0 bridgehead atoms. The molecule has 96 valence electrons. The van der Waals surface area contributed by atoms with Gasteiger partial charge in [0.05, 0.1) is 0 Å². The van der Waals surface area contributed by atoms with Crippen LogP contribution in [0.3, 0.4) is 0 Å². The molecule has 0 aliphatic carbocycles. The highest BCUT2D eigenvalue weighted by atomic mass is 14.5. The second kappa shape index (κ2) is 7.54. The van der Waals surface area contributed by atoms with Gasteiger partial charge < -0.3 is 5.73 Å². The molecule has 0 radical (unpaired) electrons. The van der Waals surface area contributed by atoms with Crippen LogP contribution in [0.2, 0.25) is 0 Å². The number of rotatable bonds is 2. The molecule has 1 heteroatoms. The quantitative estimate of drug-likeness (QED) is 0.775. The van der Waals surface area contributed by atoms with E-state index in [0.29, 0.717) is 0 Å². The third-order valence-corrected chi connectivity index (χ3v) is 2.99. The molecule has 2 aromatic rings. The standard InChI is InChI=1S/C9H13N.C8H10/c1-3-8-4-5-9(10)7(2)6-8;1-2-8-6-4-3-5-7-8/h4-6H,3,10H2,1-2H3;3-7H,2H2,1H3. The number of nitrogen functional groups attached to an aromatic ring is 1. The molecule has 0 spiro atoms. The van der Waals surface area contributed by atoms with E-state index in [9.17, 15) is 0 Å². The summed E-state index contributed by atoms with van der Waals surface area (Å²) in [6.07, 6.45) is 2.22. The van der Waals surface area contributed by atoms with Gasteiger partial charge in [0.25, 0.3) is 0 Å². The van der Waals surface area contributed by atoms with Crippen LogP contribution in [-0.2, 0) is 12.8 Å². The van der Waals surface area contributed by atoms with Crippen LogP contribution in [0.4, 0.5) is 5.69 Å². The predicted octanol–water partition coefficient (Wildman–Crippen LogP) is 4.39. The monoisotopic (exact) mass is 241 g/mol. The molecule has 0 atom stereocenters. The van der Waals surface area contributed by atoms with Crippen LogP contribution in [0.5, 0.6) is 0 Å². The van der Waals surface area contributed by atoms with E-state index >= 15 is 0 Å². The maximum atomic E-state index is 5.64. The first-order chi connectivity index (χ1) is 8.67. The van der Waals surface area contributed by atoms with Gasteiger partial charge in [0.1, 0.15) is 0 Å². The Labute approximate surface area is 111 Å². The molecule has 2 rings (SSSR count). The summed E-state index contributed by atoms with van der Waals surface area (Å²) >= 11 is 0. The molecule has 0 saturated carbocycles. The van der Waals surface area contributed by atoms with Crippen molar-refractivity contribution in [3.05, 3.63) is 65.2 Å². The molecule has 0 amide bonds. The molecule has 2 aromatic carbocycles. The van der Waals surface area contributed by atoms with Crippen molar-refractivity contribution < 1.29 is 0 Å². The van der Waals surface area contributed by atoms with Crippen molar-refractivity contribution in [2.75, 3.05) is 5.73 Å². The number of benzene rings is 2. The highest BCUT2D eigenvalue weighted by Gasteiger charge is 1.92. The average Bonchev–Trinajstić information content (AvgIpc) is 2.43. The number of anilines is 1. The average molecular weight is 241 g/mol. The van der Waals surface area contributed by atoms with Crippen molar-refractivity contribution in [1.29, 1.82) is 0 Å². The van der Waals surface area contributed by atoms with Gasteiger partial charge in [-0.3, -0.25) is 0 Å². The molecule has 0 aliphatic rings. The van der Waals surface area contributed by atoms with Gasteiger partial charge in [-0.05, 0) is 42.5 Å². The lowest BCUT2D eigenvalue weighted by molar-refractivity contribution is 1.13. The molecule has 0 heterocycles. The van der Waals surface area contributed by atoms with Crippen molar-refractivity contribution in [2.24, 2.45) is 0 Å². The fraction of sp³-hybridized carbons (Fsp3) is 0.294. The molecule has 2 N–H and O–H groups in total. The van der Waals surface area contributed by atoms with Crippen molar-refractivity contribution in [3.8, 4) is 0 Å². The van der Waals surface area contributed by atoms with E-state index in [1.54, 1.807) is 0 Å². The second-order valence-electron chi connectivity index (χ2n) is 4.38. The van der Waals surface area contributed by atoms with E-state index in [4.69, 9.17) is 5.73 Å². The molecule has 0 unspecified atom stereocenters. The Kier molecular flexibility index (Phi) is 5.99. The Balaban J connectivity index is 0.000000184. The SMILES string of the molecule is CCc1ccc(N)c(C)c1.CCc1ccccc1. The first kappa shape index (κ1) is 14.3. The van der Waals surface area contributed by atoms with Gasteiger partial charge in [-0.25, -0.2) is 0 Å². The summed E-state index contributed by atoms with van der Waals surface area (Å²) in [5, 5.41) is 0. The highest BCUT2D eigenvalue weighted by molar-refractivity contribution is 5.47. The lowest BCUT2D eigenvalue weighted by Crippen LogP contribution is -1.90. The summed E-state index contributed by atoms with van der Waals surface area (Å²) in [6.45, 7) is 6.34. The van der Waals surface area contributed by atoms with Crippen LogP contribution in [0.15, 0.2) is 48.5 Å². The largest absolute Gasteiger partial charge is 0.399 e. The Hall–Kier alpha value is -1.76. The molecule has 0 saturated heterocycles. The van der Waals surface area contributed by atoms with Gasteiger partial charge in [-0.1, -0.05) is 56.3 Å². The molecule has 1 nitrogen and oxygen atoms in total. The first-order valence-corrected chi connectivity index (χ1v) is 6.56. The first-order valence-electron chi connectivity index (χ1n) is 6.56. The second-order valence-corrected chi connectivity index (χ2v) is 4.38. The van der Waals surface area contributed by atoms with Crippen LogP contribution in [0, 0.1) is 6.92 Å². The minimum absolute atomic E-state index is 0.886. The molecule has 18 heavy (non-hydrogen) atoms. The molecule has 0 aliphatic heterocycles. The Morgan fingerprint density at radius 2 is 1.44 bits per heavy atom. The van der Waals surface area contributed by atoms with Crippen molar-refractivity contribution in [2.45, 2.75) is 33.6 Å². The fourth-order valence-corrected chi connectivity index (χ4v) is 1.67. The normalized spacial score (nSPS) is 9.50. The van der Waals surface area contributed by atoms with Crippen LogP contribution in [-0.4, -0.2) is 0 Å². The number of nitrogens with two attached hydrogens (primary N) is 1. The molecule has 0 fully saturated rings. The summed E-state index contributed by atoms with van der Waals surface area (Å²) in [7, 11) is 0. The summed E-state index contributed by atoms with van der Waals surface area (Å²) in [6, 6.07) is 16.6. The van der Waals surface area contributed by atoms with E-state index in [2.05, 4.69) is 50.2 Å². The maximum absolute atomic E-state index is 5.64. The third-order valence-electron chi connectivity index (χ3n) is 2.99. The van der Waals surface area contributed by atoms with Gasteiger partial charge >= 0.3 is 0 Å². The summed E-state index contributed by atoms with van der Waals surface area (Å²) in [5.74, 6) is 0. The topological polar surface area (TPSA) is 26.0 Å². The van der Waals surface area contributed by atoms with E-state index < -0.39 is 0 Å². The summed E-state index contributed by atoms with van der Waals surface area (Å²) in [5.41, 5.74) is 10.5. The predicted molar refractivity (Wildman–Crippen MR) is 80.8 cm³/mol. The van der Waals surface area contributed by atoms with Crippen LogP contribution in [0.1, 0.15) is 30.5 Å². The molecular weight excluding hydrogens is 218 g/mol. The van der Waals surface area contributed by atoms with E-state index in [1.165, 1.54) is 16.7 Å². The van der Waals surface area contributed by atoms with Gasteiger partial charge in [0.2, 0.25) is 0 Å². The number of hydrogen-bond donors (Lipinski definition) is 1. The zero-order valence-corrected chi connectivity index (χ0v) is 11.6. The Morgan fingerprint density at radius 1 is 0.833 bits per heavy atom. The van der Waals surface area contributed by atoms with E-state index in [-0.39, 0.29) is 0 Å². The van der Waals surface area contributed by atoms with Gasteiger partial charge in [0.15, 0.2) is 0 Å². The molecule has 0 aromatic heterocycles. The van der Waals surface area contributed by atoms with Gasteiger partial charge in [0, 0.05) is 5.69 Å². The van der Waals surface area contributed by atoms with Crippen LogP contribution >= 0.6 is 0 Å². The molecular formula is C17H23N. The van der Waals surface area contributed by atoms with E-state index in [0.717, 1.165) is 18.5 Å². The fourth-order valence-electron chi connectivity index (χ4n) is 1.67. The van der Waals surface area contributed by atoms with Crippen molar-refractivity contribution in [3.63, 3.8) is 0 Å². The summed E-state index contributed by atoms with van der Waals surface area (Å²) in [4.78, 5) is 0. The van der Waals surface area contributed by atoms with Crippen LogP contribution in [0.25, 0.3) is 0 Å². The highest BCUT2D eigenvalue weighted by Crippen LogP contribution is 2.12. The minimum Gasteiger partial charge on any atom is -0.399 e. The van der Waals surface area contributed by atoms with Crippen molar-refractivity contribution >= 4 is 5.69 Å². The zero-order chi connectivity index (χ0) is 13.4. The Morgan fingerprint density at radius 3 is 1.89 bits per heavy atom. The van der Waals surface area contributed by atoms with E-state index in [1.807, 2.05) is 19.1 Å². The lowest BCUT2D eigenvalue weighted by atomic mass is 10.1.